The molecular weight excluding hydrogens is 383 g/mol. The van der Waals surface area contributed by atoms with Gasteiger partial charge in [0, 0.05) is 31.5 Å². The number of amides is 1. The number of hydrogen-bond acceptors (Lipinski definition) is 4. The molecule has 0 atom stereocenters. The van der Waals surface area contributed by atoms with Gasteiger partial charge >= 0.3 is 6.18 Å². The van der Waals surface area contributed by atoms with Gasteiger partial charge in [-0.1, -0.05) is 12.1 Å². The maximum absolute atomic E-state index is 12.6. The van der Waals surface area contributed by atoms with Crippen LogP contribution in [0.25, 0.3) is 5.82 Å². The molecule has 9 heteroatoms. The number of aryl methyl sites for hydroxylation is 1. The van der Waals surface area contributed by atoms with Crippen LogP contribution in [0.2, 0.25) is 0 Å². The van der Waals surface area contributed by atoms with Crippen LogP contribution in [0.4, 0.5) is 19.0 Å². The fraction of sp³-hybridized carbons (Fsp3) is 0.250. The minimum Gasteiger partial charge on any atom is -0.368 e. The van der Waals surface area contributed by atoms with Gasteiger partial charge in [0.1, 0.15) is 17.5 Å². The second kappa shape index (κ2) is 8.76. The van der Waals surface area contributed by atoms with Crippen LogP contribution in [0.3, 0.4) is 0 Å². The average Bonchev–Trinajstić information content (AvgIpc) is 3.19. The van der Waals surface area contributed by atoms with Crippen LogP contribution in [-0.4, -0.2) is 33.5 Å². The van der Waals surface area contributed by atoms with Crippen LogP contribution >= 0.6 is 0 Å². The van der Waals surface area contributed by atoms with Crippen molar-refractivity contribution in [2.45, 2.75) is 19.5 Å². The van der Waals surface area contributed by atoms with Crippen molar-refractivity contribution in [3.8, 4) is 5.82 Å². The predicted molar refractivity (Wildman–Crippen MR) is 103 cm³/mol. The van der Waals surface area contributed by atoms with E-state index in [4.69, 9.17) is 0 Å². The van der Waals surface area contributed by atoms with Crippen LogP contribution in [0.5, 0.6) is 0 Å². The predicted octanol–water partition coefficient (Wildman–Crippen LogP) is 3.37. The largest absolute Gasteiger partial charge is 0.416 e. The van der Waals surface area contributed by atoms with Crippen LogP contribution in [-0.2, 0) is 17.4 Å². The van der Waals surface area contributed by atoms with Crippen molar-refractivity contribution in [1.29, 1.82) is 0 Å². The van der Waals surface area contributed by atoms with Crippen molar-refractivity contribution >= 4 is 11.7 Å². The van der Waals surface area contributed by atoms with Gasteiger partial charge in [-0.2, -0.15) is 13.2 Å². The smallest absolute Gasteiger partial charge is 0.368 e. The second-order valence-electron chi connectivity index (χ2n) is 6.40. The van der Waals surface area contributed by atoms with E-state index in [1.54, 1.807) is 13.0 Å². The van der Waals surface area contributed by atoms with Gasteiger partial charge < -0.3 is 15.2 Å². The lowest BCUT2D eigenvalue weighted by Crippen LogP contribution is -2.30. The summed E-state index contributed by atoms with van der Waals surface area (Å²) in [6, 6.07) is 10.2. The summed E-state index contributed by atoms with van der Waals surface area (Å²) in [5, 5.41) is 5.86. The van der Waals surface area contributed by atoms with Crippen molar-refractivity contribution in [3.05, 3.63) is 71.8 Å². The number of nitrogens with zero attached hydrogens (tertiary/aromatic N) is 3. The molecule has 6 nitrogen and oxygen atoms in total. The summed E-state index contributed by atoms with van der Waals surface area (Å²) in [7, 11) is 0. The molecule has 0 spiro atoms. The maximum Gasteiger partial charge on any atom is 0.416 e. The Morgan fingerprint density at radius 2 is 1.76 bits per heavy atom. The highest BCUT2D eigenvalue weighted by Crippen LogP contribution is 2.29. The Morgan fingerprint density at radius 1 is 1.07 bits per heavy atom. The van der Waals surface area contributed by atoms with Crippen LogP contribution in [0.1, 0.15) is 17.0 Å². The summed E-state index contributed by atoms with van der Waals surface area (Å²) >= 11 is 0. The fourth-order valence-electron chi connectivity index (χ4n) is 2.71. The molecule has 0 aliphatic carbocycles. The highest BCUT2D eigenvalue weighted by molar-refractivity contribution is 5.78. The normalized spacial score (nSPS) is 11.3. The Balaban J connectivity index is 1.46. The molecule has 2 aromatic heterocycles. The number of rotatable bonds is 7. The standard InChI is InChI=1S/C20H20F3N5O/c1-14-26-17(13-18(27-14)28-10-2-3-11-28)24-8-9-25-19(29)12-15-4-6-16(7-5-15)20(21,22)23/h2-7,10-11,13H,8-9,12H2,1H3,(H,25,29)(H,24,26,27). The molecule has 0 fully saturated rings. The summed E-state index contributed by atoms with van der Waals surface area (Å²) in [6.45, 7) is 2.59. The number of halogens is 3. The summed E-state index contributed by atoms with van der Waals surface area (Å²) in [6.07, 6.45) is -0.602. The molecule has 0 aliphatic heterocycles. The zero-order valence-corrected chi connectivity index (χ0v) is 15.7. The van der Waals surface area contributed by atoms with Crippen molar-refractivity contribution in [2.24, 2.45) is 0 Å². The minimum atomic E-state index is -4.38. The molecule has 1 amide bonds. The van der Waals surface area contributed by atoms with E-state index < -0.39 is 11.7 Å². The molecule has 0 saturated heterocycles. The average molecular weight is 403 g/mol. The van der Waals surface area contributed by atoms with E-state index in [1.165, 1.54) is 12.1 Å². The Kier molecular flexibility index (Phi) is 6.16. The molecule has 3 rings (SSSR count). The van der Waals surface area contributed by atoms with Gasteiger partial charge in [0.2, 0.25) is 5.91 Å². The molecule has 2 N–H and O–H groups in total. The van der Waals surface area contributed by atoms with Crippen molar-refractivity contribution in [3.63, 3.8) is 0 Å². The number of aromatic nitrogens is 3. The summed E-state index contributed by atoms with van der Waals surface area (Å²) in [4.78, 5) is 20.7. The van der Waals surface area contributed by atoms with E-state index in [1.807, 2.05) is 29.1 Å². The van der Waals surface area contributed by atoms with Gasteiger partial charge in [0.25, 0.3) is 0 Å². The van der Waals surface area contributed by atoms with Gasteiger partial charge in [-0.3, -0.25) is 4.79 Å². The van der Waals surface area contributed by atoms with Crippen LogP contribution < -0.4 is 10.6 Å². The molecule has 0 bridgehead atoms. The lowest BCUT2D eigenvalue weighted by atomic mass is 10.1. The Labute approximate surface area is 165 Å². The number of alkyl halides is 3. The summed E-state index contributed by atoms with van der Waals surface area (Å²) in [5.41, 5.74) is -0.212. The van der Waals surface area contributed by atoms with Gasteiger partial charge in [-0.25, -0.2) is 9.97 Å². The molecule has 0 radical (unpaired) electrons. The Bertz CT molecular complexity index is 953. The minimum absolute atomic E-state index is 0.0164. The number of benzene rings is 1. The molecule has 0 saturated carbocycles. The highest BCUT2D eigenvalue weighted by atomic mass is 19.4. The van der Waals surface area contributed by atoms with Gasteiger partial charge in [0.05, 0.1) is 12.0 Å². The zero-order chi connectivity index (χ0) is 20.9. The van der Waals surface area contributed by atoms with Crippen LogP contribution in [0.15, 0.2) is 54.9 Å². The first-order chi connectivity index (χ1) is 13.8. The SMILES string of the molecule is Cc1nc(NCCNC(=O)Cc2ccc(C(F)(F)F)cc2)cc(-n2cccc2)n1. The van der Waals surface area contributed by atoms with Crippen molar-refractivity contribution in [1.82, 2.24) is 19.9 Å². The first-order valence-corrected chi connectivity index (χ1v) is 8.97. The summed E-state index contributed by atoms with van der Waals surface area (Å²) in [5.74, 6) is 1.72. The van der Waals surface area contributed by atoms with E-state index in [9.17, 15) is 18.0 Å². The molecule has 2 heterocycles. The quantitative estimate of drug-likeness (QED) is 0.594. The second-order valence-corrected chi connectivity index (χ2v) is 6.40. The molecular formula is C20H20F3N5O. The molecule has 3 aromatic rings. The molecule has 152 valence electrons. The first kappa shape index (κ1) is 20.4. The van der Waals surface area contributed by atoms with E-state index >= 15 is 0 Å². The monoisotopic (exact) mass is 403 g/mol. The van der Waals surface area contributed by atoms with E-state index in [0.717, 1.165) is 18.0 Å². The van der Waals surface area contributed by atoms with Crippen molar-refractivity contribution in [2.75, 3.05) is 18.4 Å². The zero-order valence-electron chi connectivity index (χ0n) is 15.7. The fourth-order valence-corrected chi connectivity index (χ4v) is 2.71. The van der Waals surface area contributed by atoms with Gasteiger partial charge in [-0.05, 0) is 36.8 Å². The van der Waals surface area contributed by atoms with E-state index in [0.29, 0.717) is 30.3 Å². The molecule has 0 unspecified atom stereocenters. The van der Waals surface area contributed by atoms with Crippen molar-refractivity contribution < 1.29 is 18.0 Å². The number of hydrogen-bond donors (Lipinski definition) is 2. The van der Waals surface area contributed by atoms with Crippen LogP contribution in [0, 0.1) is 6.92 Å². The Hall–Kier alpha value is -3.36. The molecule has 29 heavy (non-hydrogen) atoms. The maximum atomic E-state index is 12.6. The number of carbonyl (C=O) groups excluding carboxylic acids is 1. The van der Waals surface area contributed by atoms with E-state index in [2.05, 4.69) is 20.6 Å². The lowest BCUT2D eigenvalue weighted by Gasteiger charge is -2.10. The topological polar surface area (TPSA) is 71.8 Å². The third-order valence-corrected chi connectivity index (χ3v) is 4.09. The van der Waals surface area contributed by atoms with Gasteiger partial charge in [0.15, 0.2) is 0 Å². The lowest BCUT2D eigenvalue weighted by molar-refractivity contribution is -0.137. The summed E-state index contributed by atoms with van der Waals surface area (Å²) < 4.78 is 39.5. The third-order valence-electron chi connectivity index (χ3n) is 4.09. The first-order valence-electron chi connectivity index (χ1n) is 8.97. The highest BCUT2D eigenvalue weighted by Gasteiger charge is 2.29. The number of carbonyl (C=O) groups is 1. The number of anilines is 1. The van der Waals surface area contributed by atoms with Gasteiger partial charge in [-0.15, -0.1) is 0 Å². The van der Waals surface area contributed by atoms with E-state index in [-0.39, 0.29) is 12.3 Å². The molecule has 0 aliphatic rings. The Morgan fingerprint density at radius 3 is 2.41 bits per heavy atom. The number of nitrogens with one attached hydrogen (secondary N) is 2. The molecule has 1 aromatic carbocycles. The third kappa shape index (κ3) is 5.81.